The van der Waals surface area contributed by atoms with Crippen LogP contribution < -0.4 is 4.74 Å². The average Bonchev–Trinajstić information content (AvgIpc) is 2.31. The van der Waals surface area contributed by atoms with Gasteiger partial charge in [0.25, 0.3) is 0 Å². The first-order valence-electron chi connectivity index (χ1n) is 4.67. The molecule has 2 aromatic rings. The monoisotopic (exact) mass is 201 g/mol. The first-order valence-corrected chi connectivity index (χ1v) is 4.67. The van der Waals surface area contributed by atoms with Crippen LogP contribution in [0.1, 0.15) is 5.56 Å². The summed E-state index contributed by atoms with van der Waals surface area (Å²) in [7, 11) is 0. The number of aliphatic hydroxyl groups excluding tert-OH is 1. The van der Waals surface area contributed by atoms with Gasteiger partial charge in [-0.05, 0) is 18.2 Å². The number of para-hydroxylation sites is 1. The molecule has 3 heteroatoms. The van der Waals surface area contributed by atoms with Gasteiger partial charge in [-0.2, -0.15) is 0 Å². The minimum Gasteiger partial charge on any atom is -0.457 e. The van der Waals surface area contributed by atoms with E-state index in [-0.39, 0.29) is 6.61 Å². The third-order valence-corrected chi connectivity index (χ3v) is 2.00. The lowest BCUT2D eigenvalue weighted by Gasteiger charge is -2.08. The fourth-order valence-corrected chi connectivity index (χ4v) is 1.25. The maximum Gasteiger partial charge on any atom is 0.136 e. The Balaban J connectivity index is 2.24. The smallest absolute Gasteiger partial charge is 0.136 e. The SMILES string of the molecule is OCc1cnccc1Oc1ccccc1. The molecule has 1 heterocycles. The van der Waals surface area contributed by atoms with Crippen molar-refractivity contribution < 1.29 is 9.84 Å². The number of hydrogen-bond acceptors (Lipinski definition) is 3. The van der Waals surface area contributed by atoms with Crippen molar-refractivity contribution in [1.29, 1.82) is 0 Å². The van der Waals surface area contributed by atoms with Crippen molar-refractivity contribution in [2.75, 3.05) is 0 Å². The van der Waals surface area contributed by atoms with Gasteiger partial charge in [0.05, 0.1) is 6.61 Å². The summed E-state index contributed by atoms with van der Waals surface area (Å²) in [5.74, 6) is 1.39. The summed E-state index contributed by atoms with van der Waals surface area (Å²) in [4.78, 5) is 3.92. The summed E-state index contributed by atoms with van der Waals surface area (Å²) in [5, 5.41) is 9.08. The van der Waals surface area contributed by atoms with E-state index in [0.29, 0.717) is 11.3 Å². The predicted octanol–water partition coefficient (Wildman–Crippen LogP) is 2.37. The first kappa shape index (κ1) is 9.68. The van der Waals surface area contributed by atoms with Crippen LogP contribution in [0.15, 0.2) is 48.8 Å². The Morgan fingerprint density at radius 1 is 1.13 bits per heavy atom. The van der Waals surface area contributed by atoms with Crippen molar-refractivity contribution in [3.05, 3.63) is 54.4 Å². The minimum atomic E-state index is -0.0734. The molecule has 0 saturated carbocycles. The Kier molecular flexibility index (Phi) is 2.95. The molecule has 0 unspecified atom stereocenters. The number of aliphatic hydroxyl groups is 1. The molecule has 0 radical (unpaired) electrons. The zero-order valence-electron chi connectivity index (χ0n) is 8.13. The second-order valence-corrected chi connectivity index (χ2v) is 3.06. The van der Waals surface area contributed by atoms with E-state index in [1.165, 1.54) is 0 Å². The third-order valence-electron chi connectivity index (χ3n) is 2.00. The summed E-state index contributed by atoms with van der Waals surface area (Å²) in [5.41, 5.74) is 0.682. The summed E-state index contributed by atoms with van der Waals surface area (Å²) in [6.07, 6.45) is 3.23. The molecule has 2 rings (SSSR count). The topological polar surface area (TPSA) is 42.4 Å². The standard InChI is InChI=1S/C12H11NO2/c14-9-10-8-13-7-6-12(10)15-11-4-2-1-3-5-11/h1-8,14H,9H2. The Labute approximate surface area is 88.0 Å². The molecule has 0 amide bonds. The number of ether oxygens (including phenoxy) is 1. The van der Waals surface area contributed by atoms with E-state index in [1.807, 2.05) is 30.3 Å². The summed E-state index contributed by atoms with van der Waals surface area (Å²) in [6.45, 7) is -0.0734. The molecule has 0 aliphatic rings. The largest absolute Gasteiger partial charge is 0.457 e. The molecule has 1 aromatic carbocycles. The maximum absolute atomic E-state index is 9.08. The van der Waals surface area contributed by atoms with Gasteiger partial charge in [0, 0.05) is 18.0 Å². The van der Waals surface area contributed by atoms with E-state index in [2.05, 4.69) is 4.98 Å². The maximum atomic E-state index is 9.08. The molecular formula is C12H11NO2. The molecule has 0 bridgehead atoms. The Morgan fingerprint density at radius 3 is 2.67 bits per heavy atom. The molecule has 0 aliphatic heterocycles. The molecule has 0 spiro atoms. The number of benzene rings is 1. The van der Waals surface area contributed by atoms with Crippen LogP contribution in [0.3, 0.4) is 0 Å². The van der Waals surface area contributed by atoms with Crippen LogP contribution in [-0.4, -0.2) is 10.1 Å². The molecule has 3 nitrogen and oxygen atoms in total. The second kappa shape index (κ2) is 4.57. The highest BCUT2D eigenvalue weighted by atomic mass is 16.5. The zero-order valence-corrected chi connectivity index (χ0v) is 8.13. The number of hydrogen-bond donors (Lipinski definition) is 1. The van der Waals surface area contributed by atoms with Gasteiger partial charge in [0.15, 0.2) is 0 Å². The highest BCUT2D eigenvalue weighted by Gasteiger charge is 2.02. The number of rotatable bonds is 3. The number of nitrogens with zero attached hydrogens (tertiary/aromatic N) is 1. The van der Waals surface area contributed by atoms with Crippen molar-refractivity contribution in [2.45, 2.75) is 6.61 Å². The Hall–Kier alpha value is -1.87. The van der Waals surface area contributed by atoms with Crippen molar-refractivity contribution in [3.8, 4) is 11.5 Å². The molecule has 1 N–H and O–H groups in total. The van der Waals surface area contributed by atoms with Crippen LogP contribution in [0.2, 0.25) is 0 Å². The fraction of sp³-hybridized carbons (Fsp3) is 0.0833. The third kappa shape index (κ3) is 2.33. The van der Waals surface area contributed by atoms with E-state index in [0.717, 1.165) is 5.75 Å². The molecular weight excluding hydrogens is 190 g/mol. The predicted molar refractivity (Wildman–Crippen MR) is 56.7 cm³/mol. The molecule has 0 atom stereocenters. The quantitative estimate of drug-likeness (QED) is 0.828. The molecule has 15 heavy (non-hydrogen) atoms. The van der Waals surface area contributed by atoms with Gasteiger partial charge in [-0.1, -0.05) is 18.2 Å². The number of pyridine rings is 1. The fourth-order valence-electron chi connectivity index (χ4n) is 1.25. The summed E-state index contributed by atoms with van der Waals surface area (Å²) < 4.78 is 5.60. The lowest BCUT2D eigenvalue weighted by Crippen LogP contribution is -1.92. The summed E-state index contributed by atoms with van der Waals surface area (Å²) in [6, 6.07) is 11.2. The van der Waals surface area contributed by atoms with Crippen LogP contribution in [0, 0.1) is 0 Å². The molecule has 1 aromatic heterocycles. The highest BCUT2D eigenvalue weighted by Crippen LogP contribution is 2.23. The van der Waals surface area contributed by atoms with Crippen LogP contribution in [-0.2, 0) is 6.61 Å². The second-order valence-electron chi connectivity index (χ2n) is 3.06. The number of aromatic nitrogens is 1. The molecule has 0 fully saturated rings. The van der Waals surface area contributed by atoms with Gasteiger partial charge in [0.2, 0.25) is 0 Å². The van der Waals surface area contributed by atoms with Gasteiger partial charge in [0.1, 0.15) is 11.5 Å². The van der Waals surface area contributed by atoms with Gasteiger partial charge in [-0.25, -0.2) is 0 Å². The van der Waals surface area contributed by atoms with E-state index in [9.17, 15) is 0 Å². The lowest BCUT2D eigenvalue weighted by atomic mass is 10.2. The first-order chi connectivity index (χ1) is 7.40. The zero-order chi connectivity index (χ0) is 10.5. The van der Waals surface area contributed by atoms with Crippen LogP contribution >= 0.6 is 0 Å². The van der Waals surface area contributed by atoms with E-state index < -0.39 is 0 Å². The van der Waals surface area contributed by atoms with Crippen molar-refractivity contribution in [2.24, 2.45) is 0 Å². The normalized spacial score (nSPS) is 9.93. The van der Waals surface area contributed by atoms with Gasteiger partial charge >= 0.3 is 0 Å². The van der Waals surface area contributed by atoms with E-state index in [4.69, 9.17) is 9.84 Å². The Bertz CT molecular complexity index is 429. The van der Waals surface area contributed by atoms with E-state index in [1.54, 1.807) is 18.5 Å². The van der Waals surface area contributed by atoms with Gasteiger partial charge in [-0.15, -0.1) is 0 Å². The molecule has 0 aliphatic carbocycles. The van der Waals surface area contributed by atoms with Crippen LogP contribution in [0.5, 0.6) is 11.5 Å². The van der Waals surface area contributed by atoms with Crippen molar-refractivity contribution in [3.63, 3.8) is 0 Å². The molecule has 0 saturated heterocycles. The highest BCUT2D eigenvalue weighted by molar-refractivity contribution is 5.35. The average molecular weight is 201 g/mol. The Morgan fingerprint density at radius 2 is 1.93 bits per heavy atom. The van der Waals surface area contributed by atoms with E-state index >= 15 is 0 Å². The van der Waals surface area contributed by atoms with Crippen molar-refractivity contribution >= 4 is 0 Å². The van der Waals surface area contributed by atoms with Gasteiger partial charge in [-0.3, -0.25) is 4.98 Å². The molecule has 76 valence electrons. The van der Waals surface area contributed by atoms with Gasteiger partial charge < -0.3 is 9.84 Å². The lowest BCUT2D eigenvalue weighted by molar-refractivity contribution is 0.276. The minimum absolute atomic E-state index is 0.0734. The van der Waals surface area contributed by atoms with Crippen LogP contribution in [0.25, 0.3) is 0 Å². The van der Waals surface area contributed by atoms with Crippen molar-refractivity contribution in [1.82, 2.24) is 4.98 Å². The van der Waals surface area contributed by atoms with Crippen LogP contribution in [0.4, 0.5) is 0 Å². The summed E-state index contributed by atoms with van der Waals surface area (Å²) >= 11 is 0.